The number of rotatable bonds is 3. The highest BCUT2D eigenvalue weighted by atomic mass is 16.6. The molecule has 1 amide bonds. The van der Waals surface area contributed by atoms with E-state index in [1.807, 2.05) is 30.3 Å². The lowest BCUT2D eigenvalue weighted by atomic mass is 10.1. The molecule has 1 aromatic rings. The first-order valence-electron chi connectivity index (χ1n) is 7.30. The van der Waals surface area contributed by atoms with E-state index in [9.17, 15) is 9.90 Å². The van der Waals surface area contributed by atoms with Crippen LogP contribution < -0.4 is 0 Å². The Kier molecular flexibility index (Phi) is 5.41. The van der Waals surface area contributed by atoms with E-state index in [1.54, 1.807) is 11.9 Å². The Morgan fingerprint density at radius 3 is 2.70 bits per heavy atom. The minimum Gasteiger partial charge on any atom is -0.445 e. The highest BCUT2D eigenvalue weighted by Crippen LogP contribution is 2.22. The normalized spacial score (nSPS) is 22.9. The van der Waals surface area contributed by atoms with Crippen molar-refractivity contribution in [1.29, 1.82) is 0 Å². The summed E-state index contributed by atoms with van der Waals surface area (Å²) in [5.74, 6) is 0. The highest BCUT2D eigenvalue weighted by Gasteiger charge is 2.28. The minimum absolute atomic E-state index is 0.124. The number of ether oxygens (including phenoxy) is 1. The van der Waals surface area contributed by atoms with Gasteiger partial charge in [-0.1, -0.05) is 49.6 Å². The minimum atomic E-state index is -0.438. The molecule has 1 aliphatic rings. The summed E-state index contributed by atoms with van der Waals surface area (Å²) in [6.45, 7) is 0.271. The number of hydrogen-bond acceptors (Lipinski definition) is 3. The van der Waals surface area contributed by atoms with Crippen molar-refractivity contribution in [3.8, 4) is 0 Å². The summed E-state index contributed by atoms with van der Waals surface area (Å²) in [6.07, 6.45) is 4.02. The Morgan fingerprint density at radius 1 is 1.25 bits per heavy atom. The van der Waals surface area contributed by atoms with Crippen molar-refractivity contribution in [1.82, 2.24) is 4.90 Å². The van der Waals surface area contributed by atoms with E-state index in [0.717, 1.165) is 37.7 Å². The molecule has 1 saturated carbocycles. The number of aliphatic hydroxyl groups is 1. The maximum atomic E-state index is 12.1. The molecule has 0 radical (unpaired) electrons. The average molecular weight is 277 g/mol. The Labute approximate surface area is 120 Å². The summed E-state index contributed by atoms with van der Waals surface area (Å²) in [5, 5.41) is 10.1. The van der Waals surface area contributed by atoms with Gasteiger partial charge < -0.3 is 14.7 Å². The van der Waals surface area contributed by atoms with Crippen LogP contribution in [0.25, 0.3) is 0 Å². The van der Waals surface area contributed by atoms with E-state index >= 15 is 0 Å². The summed E-state index contributed by atoms with van der Waals surface area (Å²) in [6, 6.07) is 9.49. The Morgan fingerprint density at radius 2 is 1.95 bits per heavy atom. The van der Waals surface area contributed by atoms with Crippen molar-refractivity contribution in [2.45, 2.75) is 50.9 Å². The molecule has 0 heterocycles. The van der Waals surface area contributed by atoms with E-state index in [-0.39, 0.29) is 18.7 Å². The summed E-state index contributed by atoms with van der Waals surface area (Å²) < 4.78 is 5.31. The fourth-order valence-electron chi connectivity index (χ4n) is 2.68. The van der Waals surface area contributed by atoms with Crippen LogP contribution in [-0.2, 0) is 11.3 Å². The lowest BCUT2D eigenvalue weighted by Gasteiger charge is -2.30. The predicted octanol–water partition coefficient (Wildman–Crippen LogP) is 2.95. The molecular formula is C16H23NO3. The summed E-state index contributed by atoms with van der Waals surface area (Å²) in [7, 11) is 1.71. The van der Waals surface area contributed by atoms with Crippen LogP contribution in [0.5, 0.6) is 0 Å². The quantitative estimate of drug-likeness (QED) is 0.864. The zero-order valence-corrected chi connectivity index (χ0v) is 12.0. The number of benzene rings is 1. The van der Waals surface area contributed by atoms with Gasteiger partial charge in [0.15, 0.2) is 0 Å². The van der Waals surface area contributed by atoms with E-state index < -0.39 is 6.10 Å². The molecule has 4 heteroatoms. The maximum absolute atomic E-state index is 12.1. The summed E-state index contributed by atoms with van der Waals surface area (Å²) in [4.78, 5) is 13.6. The van der Waals surface area contributed by atoms with Crippen molar-refractivity contribution >= 4 is 6.09 Å². The van der Waals surface area contributed by atoms with Gasteiger partial charge in [-0.2, -0.15) is 0 Å². The molecule has 20 heavy (non-hydrogen) atoms. The third kappa shape index (κ3) is 3.97. The smallest absolute Gasteiger partial charge is 0.410 e. The van der Waals surface area contributed by atoms with Gasteiger partial charge >= 0.3 is 6.09 Å². The van der Waals surface area contributed by atoms with Gasteiger partial charge in [-0.05, 0) is 18.4 Å². The van der Waals surface area contributed by atoms with Gasteiger partial charge in [0.2, 0.25) is 0 Å². The number of carbonyl (C=O) groups excluding carboxylic acids is 1. The molecule has 0 bridgehead atoms. The van der Waals surface area contributed by atoms with E-state index in [1.165, 1.54) is 0 Å². The summed E-state index contributed by atoms with van der Waals surface area (Å²) in [5.41, 5.74) is 0.968. The van der Waals surface area contributed by atoms with E-state index in [0.29, 0.717) is 0 Å². The van der Waals surface area contributed by atoms with Crippen molar-refractivity contribution in [3.63, 3.8) is 0 Å². The largest absolute Gasteiger partial charge is 0.445 e. The molecule has 2 atom stereocenters. The first kappa shape index (κ1) is 14.9. The molecule has 0 aromatic heterocycles. The van der Waals surface area contributed by atoms with Gasteiger partial charge in [-0.15, -0.1) is 0 Å². The van der Waals surface area contributed by atoms with Crippen LogP contribution in [0.1, 0.15) is 37.7 Å². The van der Waals surface area contributed by atoms with Gasteiger partial charge in [0, 0.05) is 7.05 Å². The summed E-state index contributed by atoms with van der Waals surface area (Å²) >= 11 is 0. The first-order chi connectivity index (χ1) is 9.68. The Balaban J connectivity index is 1.87. The molecule has 0 saturated heterocycles. The van der Waals surface area contributed by atoms with Gasteiger partial charge in [0.05, 0.1) is 12.1 Å². The number of amides is 1. The predicted molar refractivity (Wildman–Crippen MR) is 77.3 cm³/mol. The third-order valence-corrected chi connectivity index (χ3v) is 3.93. The van der Waals surface area contributed by atoms with Crippen LogP contribution >= 0.6 is 0 Å². The van der Waals surface area contributed by atoms with E-state index in [2.05, 4.69) is 0 Å². The van der Waals surface area contributed by atoms with Crippen molar-refractivity contribution in [2.75, 3.05) is 7.05 Å². The fraction of sp³-hybridized carbons (Fsp3) is 0.562. The monoisotopic (exact) mass is 277 g/mol. The van der Waals surface area contributed by atoms with Gasteiger partial charge in [0.25, 0.3) is 0 Å². The molecule has 1 fully saturated rings. The van der Waals surface area contributed by atoms with Gasteiger partial charge in [-0.25, -0.2) is 4.79 Å². The van der Waals surface area contributed by atoms with Crippen LogP contribution in [0.4, 0.5) is 4.79 Å². The number of aliphatic hydroxyl groups excluding tert-OH is 1. The highest BCUT2D eigenvalue weighted by molar-refractivity contribution is 5.67. The molecule has 4 nitrogen and oxygen atoms in total. The van der Waals surface area contributed by atoms with E-state index in [4.69, 9.17) is 4.74 Å². The molecule has 1 aliphatic carbocycles. The average Bonchev–Trinajstić information content (AvgIpc) is 2.69. The van der Waals surface area contributed by atoms with Crippen LogP contribution in [0.15, 0.2) is 30.3 Å². The Bertz CT molecular complexity index is 421. The first-order valence-corrected chi connectivity index (χ1v) is 7.30. The maximum Gasteiger partial charge on any atom is 0.410 e. The fourth-order valence-corrected chi connectivity index (χ4v) is 2.68. The van der Waals surface area contributed by atoms with Gasteiger partial charge in [-0.3, -0.25) is 0 Å². The molecule has 0 spiro atoms. The molecule has 110 valence electrons. The van der Waals surface area contributed by atoms with Crippen LogP contribution in [-0.4, -0.2) is 35.3 Å². The molecule has 1 N–H and O–H groups in total. The second kappa shape index (κ2) is 7.29. The molecule has 0 aliphatic heterocycles. The molecular weight excluding hydrogens is 254 g/mol. The van der Waals surface area contributed by atoms with Crippen LogP contribution in [0.3, 0.4) is 0 Å². The van der Waals surface area contributed by atoms with Crippen molar-refractivity contribution < 1.29 is 14.6 Å². The zero-order chi connectivity index (χ0) is 14.4. The number of likely N-dealkylation sites (N-methyl/N-ethyl adjacent to an activating group) is 1. The molecule has 1 aromatic carbocycles. The Hall–Kier alpha value is -1.55. The second-order valence-electron chi connectivity index (χ2n) is 5.42. The van der Waals surface area contributed by atoms with Crippen molar-refractivity contribution in [2.24, 2.45) is 0 Å². The molecule has 2 rings (SSSR count). The number of hydrogen-bond donors (Lipinski definition) is 1. The molecule has 0 unspecified atom stereocenters. The van der Waals surface area contributed by atoms with Gasteiger partial charge in [0.1, 0.15) is 6.61 Å². The van der Waals surface area contributed by atoms with Crippen LogP contribution in [0.2, 0.25) is 0 Å². The second-order valence-corrected chi connectivity index (χ2v) is 5.42. The van der Waals surface area contributed by atoms with Crippen LogP contribution in [0, 0.1) is 0 Å². The zero-order valence-electron chi connectivity index (χ0n) is 12.0. The third-order valence-electron chi connectivity index (χ3n) is 3.93. The topological polar surface area (TPSA) is 49.8 Å². The lowest BCUT2D eigenvalue weighted by molar-refractivity contribution is 0.0388. The SMILES string of the molecule is CN(C(=O)OCc1ccccc1)[C@@H]1CCCCC[C@H]1O. The number of nitrogens with zero attached hydrogens (tertiary/aromatic N) is 1. The lowest BCUT2D eigenvalue weighted by Crippen LogP contribution is -2.44. The standard InChI is InChI=1S/C16H23NO3/c1-17(14-10-6-3-7-11-15(14)18)16(19)20-12-13-8-4-2-5-9-13/h2,4-5,8-9,14-15,18H,3,6-7,10-12H2,1H3/t14-,15-/m1/s1. The van der Waals surface area contributed by atoms with Crippen molar-refractivity contribution in [3.05, 3.63) is 35.9 Å². The number of carbonyl (C=O) groups is 1.